The highest BCUT2D eigenvalue weighted by molar-refractivity contribution is 6.31. The van der Waals surface area contributed by atoms with Crippen LogP contribution in [0.2, 0.25) is 10.0 Å². The molecule has 1 aromatic heterocycles. The molecule has 0 saturated carbocycles. The molecule has 4 nitrogen and oxygen atoms in total. The van der Waals surface area contributed by atoms with Crippen molar-refractivity contribution in [3.05, 3.63) is 62.5 Å². The number of rotatable bonds is 3. The van der Waals surface area contributed by atoms with Gasteiger partial charge in [-0.05, 0) is 30.7 Å². The number of carbonyl (C=O) groups is 1. The fourth-order valence-electron chi connectivity index (χ4n) is 1.65. The Kier molecular flexibility index (Phi) is 4.47. The molecule has 1 N–H and O–H groups in total. The van der Waals surface area contributed by atoms with E-state index in [9.17, 15) is 9.59 Å². The van der Waals surface area contributed by atoms with Gasteiger partial charge in [0.15, 0.2) is 0 Å². The van der Waals surface area contributed by atoms with Crippen molar-refractivity contribution >= 4 is 34.8 Å². The van der Waals surface area contributed by atoms with Crippen molar-refractivity contribution in [2.24, 2.45) is 0 Å². The van der Waals surface area contributed by atoms with Crippen LogP contribution < -0.4 is 10.9 Å². The van der Waals surface area contributed by atoms with Gasteiger partial charge in [0, 0.05) is 23.0 Å². The standard InChI is InChI=1S/C14H12Cl2N2O2/c1-9-2-4-11(6-12(9)16)17-13(19)8-18-7-10(15)3-5-14(18)20/h2-7H,8H2,1H3,(H,17,19). The van der Waals surface area contributed by atoms with Gasteiger partial charge in [0.2, 0.25) is 5.91 Å². The van der Waals surface area contributed by atoms with E-state index in [1.54, 1.807) is 12.1 Å². The van der Waals surface area contributed by atoms with E-state index in [0.29, 0.717) is 15.7 Å². The zero-order valence-electron chi connectivity index (χ0n) is 10.7. The molecular formula is C14H12Cl2N2O2. The number of pyridine rings is 1. The second-order valence-electron chi connectivity index (χ2n) is 4.33. The third-order valence-corrected chi connectivity index (χ3v) is 3.35. The molecule has 0 fully saturated rings. The van der Waals surface area contributed by atoms with Gasteiger partial charge >= 0.3 is 0 Å². The van der Waals surface area contributed by atoms with Gasteiger partial charge in [0.1, 0.15) is 6.54 Å². The Morgan fingerprint density at radius 3 is 2.70 bits per heavy atom. The number of aryl methyl sites for hydroxylation is 1. The van der Waals surface area contributed by atoms with E-state index in [-0.39, 0.29) is 18.0 Å². The summed E-state index contributed by atoms with van der Waals surface area (Å²) in [6, 6.07) is 8.02. The van der Waals surface area contributed by atoms with Crippen LogP contribution in [0.1, 0.15) is 5.56 Å². The van der Waals surface area contributed by atoms with Crippen LogP contribution >= 0.6 is 23.2 Å². The summed E-state index contributed by atoms with van der Waals surface area (Å²) in [7, 11) is 0. The predicted molar refractivity (Wildman–Crippen MR) is 80.5 cm³/mol. The summed E-state index contributed by atoms with van der Waals surface area (Å²) in [6.07, 6.45) is 1.42. The minimum atomic E-state index is -0.325. The number of amides is 1. The van der Waals surface area contributed by atoms with Crippen molar-refractivity contribution < 1.29 is 4.79 Å². The Bertz CT molecular complexity index is 711. The summed E-state index contributed by atoms with van der Waals surface area (Å²) in [4.78, 5) is 23.4. The summed E-state index contributed by atoms with van der Waals surface area (Å²) in [5.41, 5.74) is 1.22. The first-order valence-electron chi connectivity index (χ1n) is 5.88. The molecule has 1 heterocycles. The number of benzene rings is 1. The fraction of sp³-hybridized carbons (Fsp3) is 0.143. The average molecular weight is 311 g/mol. The first-order chi connectivity index (χ1) is 9.45. The van der Waals surface area contributed by atoms with Crippen molar-refractivity contribution in [3.63, 3.8) is 0 Å². The van der Waals surface area contributed by atoms with E-state index in [1.165, 1.54) is 22.9 Å². The maximum atomic E-state index is 11.9. The van der Waals surface area contributed by atoms with Crippen LogP contribution in [0.3, 0.4) is 0 Å². The maximum absolute atomic E-state index is 11.9. The molecule has 104 valence electrons. The second-order valence-corrected chi connectivity index (χ2v) is 5.17. The lowest BCUT2D eigenvalue weighted by atomic mass is 10.2. The molecular weight excluding hydrogens is 299 g/mol. The van der Waals surface area contributed by atoms with Crippen LogP contribution in [0.25, 0.3) is 0 Å². The molecule has 0 aliphatic heterocycles. The van der Waals surface area contributed by atoms with E-state index in [1.807, 2.05) is 13.0 Å². The molecule has 0 aliphatic carbocycles. The maximum Gasteiger partial charge on any atom is 0.251 e. The van der Waals surface area contributed by atoms with E-state index >= 15 is 0 Å². The molecule has 1 amide bonds. The molecule has 0 atom stereocenters. The summed E-state index contributed by atoms with van der Waals surface area (Å²) < 4.78 is 1.24. The van der Waals surface area contributed by atoms with Gasteiger partial charge < -0.3 is 9.88 Å². The molecule has 0 unspecified atom stereocenters. The SMILES string of the molecule is Cc1ccc(NC(=O)Cn2cc(Cl)ccc2=O)cc1Cl. The first kappa shape index (κ1) is 14.6. The molecule has 0 bridgehead atoms. The van der Waals surface area contributed by atoms with Gasteiger partial charge in [-0.3, -0.25) is 9.59 Å². The normalized spacial score (nSPS) is 10.3. The highest BCUT2D eigenvalue weighted by atomic mass is 35.5. The number of halogens is 2. The number of anilines is 1. The lowest BCUT2D eigenvalue weighted by molar-refractivity contribution is -0.116. The van der Waals surface area contributed by atoms with Crippen LogP contribution in [0.15, 0.2) is 41.3 Å². The minimum absolute atomic E-state index is 0.106. The van der Waals surface area contributed by atoms with E-state index in [2.05, 4.69) is 5.32 Å². The molecule has 2 aromatic rings. The predicted octanol–water partition coefficient (Wildman–Crippen LogP) is 3.10. The van der Waals surface area contributed by atoms with Gasteiger partial charge in [0.25, 0.3) is 5.56 Å². The number of hydrogen-bond acceptors (Lipinski definition) is 2. The van der Waals surface area contributed by atoms with Crippen LogP contribution in [0, 0.1) is 6.92 Å². The van der Waals surface area contributed by atoms with Crippen molar-refractivity contribution in [2.75, 3.05) is 5.32 Å². The third kappa shape index (κ3) is 3.62. The van der Waals surface area contributed by atoms with Crippen molar-refractivity contribution in [1.82, 2.24) is 4.57 Å². The number of nitrogens with one attached hydrogen (secondary N) is 1. The van der Waals surface area contributed by atoms with E-state index in [0.717, 1.165) is 5.56 Å². The summed E-state index contributed by atoms with van der Waals surface area (Å²) >= 11 is 11.8. The van der Waals surface area contributed by atoms with Gasteiger partial charge in [-0.15, -0.1) is 0 Å². The van der Waals surface area contributed by atoms with E-state index < -0.39 is 0 Å². The minimum Gasteiger partial charge on any atom is -0.324 e. The lowest BCUT2D eigenvalue weighted by Gasteiger charge is -2.08. The van der Waals surface area contributed by atoms with Gasteiger partial charge in [0.05, 0.1) is 5.02 Å². The Hall–Kier alpha value is -1.78. The molecule has 0 radical (unpaired) electrons. The van der Waals surface area contributed by atoms with Crippen LogP contribution in [0.5, 0.6) is 0 Å². The van der Waals surface area contributed by atoms with Gasteiger partial charge in [-0.1, -0.05) is 29.3 Å². The monoisotopic (exact) mass is 310 g/mol. The van der Waals surface area contributed by atoms with Crippen LogP contribution in [0.4, 0.5) is 5.69 Å². The highest BCUT2D eigenvalue weighted by Gasteiger charge is 2.06. The first-order valence-corrected chi connectivity index (χ1v) is 6.63. The van der Waals surface area contributed by atoms with E-state index in [4.69, 9.17) is 23.2 Å². The third-order valence-electron chi connectivity index (χ3n) is 2.72. The number of nitrogens with zero attached hydrogens (tertiary/aromatic N) is 1. The molecule has 6 heteroatoms. The topological polar surface area (TPSA) is 51.1 Å². The Morgan fingerprint density at radius 2 is 2.00 bits per heavy atom. The van der Waals surface area contributed by atoms with Crippen molar-refractivity contribution in [1.29, 1.82) is 0 Å². The van der Waals surface area contributed by atoms with Crippen molar-refractivity contribution in [3.8, 4) is 0 Å². The molecule has 1 aromatic carbocycles. The number of carbonyl (C=O) groups excluding carboxylic acids is 1. The summed E-state index contributed by atoms with van der Waals surface area (Å²) in [5.74, 6) is -0.325. The highest BCUT2D eigenvalue weighted by Crippen LogP contribution is 2.19. The zero-order valence-corrected chi connectivity index (χ0v) is 12.2. The van der Waals surface area contributed by atoms with Crippen LogP contribution in [-0.2, 0) is 11.3 Å². The number of hydrogen-bond donors (Lipinski definition) is 1. The molecule has 0 saturated heterocycles. The van der Waals surface area contributed by atoms with Gasteiger partial charge in [-0.25, -0.2) is 0 Å². The largest absolute Gasteiger partial charge is 0.324 e. The molecule has 0 spiro atoms. The quantitative estimate of drug-likeness (QED) is 0.947. The second kappa shape index (κ2) is 6.11. The zero-order chi connectivity index (χ0) is 14.7. The Morgan fingerprint density at radius 1 is 1.25 bits per heavy atom. The smallest absolute Gasteiger partial charge is 0.251 e. The van der Waals surface area contributed by atoms with Crippen molar-refractivity contribution in [2.45, 2.75) is 13.5 Å². The van der Waals surface area contributed by atoms with Gasteiger partial charge in [-0.2, -0.15) is 0 Å². The van der Waals surface area contributed by atoms with Crippen LogP contribution in [-0.4, -0.2) is 10.5 Å². The Labute approximate surface area is 125 Å². The number of aromatic nitrogens is 1. The molecule has 2 rings (SSSR count). The molecule has 0 aliphatic rings. The summed E-state index contributed by atoms with van der Waals surface area (Å²) in [5, 5.41) is 3.65. The molecule has 20 heavy (non-hydrogen) atoms. The Balaban J connectivity index is 2.11. The lowest BCUT2D eigenvalue weighted by Crippen LogP contribution is -2.26. The summed E-state index contributed by atoms with van der Waals surface area (Å²) in [6.45, 7) is 1.77. The fourth-order valence-corrected chi connectivity index (χ4v) is 2.01. The average Bonchev–Trinajstić information content (AvgIpc) is 2.38.